The molecular formula is C27H36N4O4. The first kappa shape index (κ1) is 27.8. The molecule has 8 heteroatoms. The number of nitrogens with zero attached hydrogens (tertiary/aromatic N) is 2. The lowest BCUT2D eigenvalue weighted by molar-refractivity contribution is -0.176. The summed E-state index contributed by atoms with van der Waals surface area (Å²) in [5.41, 5.74) is 9.29. The van der Waals surface area contributed by atoms with Crippen molar-refractivity contribution < 1.29 is 19.6 Å². The zero-order valence-electron chi connectivity index (χ0n) is 20.6. The minimum Gasteiger partial charge on any atom is -0.320 e. The van der Waals surface area contributed by atoms with Crippen LogP contribution in [-0.4, -0.2) is 45.0 Å². The van der Waals surface area contributed by atoms with E-state index in [1.807, 2.05) is 80.6 Å². The average molecular weight is 481 g/mol. The second-order valence-corrected chi connectivity index (χ2v) is 8.88. The molecule has 2 atom stereocenters. The molecule has 0 saturated carbocycles. The molecule has 2 aromatic rings. The minimum absolute atomic E-state index is 0.0479. The van der Waals surface area contributed by atoms with Gasteiger partial charge in [-0.25, -0.2) is 15.5 Å². The average Bonchev–Trinajstić information content (AvgIpc) is 2.86. The van der Waals surface area contributed by atoms with Crippen LogP contribution in [-0.2, 0) is 20.9 Å². The van der Waals surface area contributed by atoms with Crippen molar-refractivity contribution in [3.63, 3.8) is 0 Å². The van der Waals surface area contributed by atoms with Gasteiger partial charge in [-0.15, -0.1) is 0 Å². The van der Waals surface area contributed by atoms with E-state index in [4.69, 9.17) is 5.73 Å². The lowest BCUT2D eigenvalue weighted by Crippen LogP contribution is -2.60. The molecule has 0 spiro atoms. The van der Waals surface area contributed by atoms with Crippen molar-refractivity contribution in [2.24, 2.45) is 11.7 Å². The van der Waals surface area contributed by atoms with Gasteiger partial charge in [0.2, 0.25) is 5.91 Å². The van der Waals surface area contributed by atoms with E-state index >= 15 is 0 Å². The number of hydrogen-bond donors (Lipinski definition) is 3. The first-order valence-electron chi connectivity index (χ1n) is 11.8. The van der Waals surface area contributed by atoms with Crippen LogP contribution < -0.4 is 11.2 Å². The fourth-order valence-corrected chi connectivity index (χ4v) is 3.54. The Kier molecular flexibility index (Phi) is 11.1. The van der Waals surface area contributed by atoms with Gasteiger partial charge < -0.3 is 5.73 Å². The zero-order valence-corrected chi connectivity index (χ0v) is 20.6. The Bertz CT molecular complexity index is 977. The maximum atomic E-state index is 13.5. The smallest absolute Gasteiger partial charge is 0.268 e. The van der Waals surface area contributed by atoms with Crippen molar-refractivity contribution in [3.8, 4) is 0 Å². The highest BCUT2D eigenvalue weighted by atomic mass is 16.5. The van der Waals surface area contributed by atoms with Crippen LogP contribution in [0.4, 0.5) is 0 Å². The van der Waals surface area contributed by atoms with Crippen LogP contribution in [0.1, 0.15) is 51.2 Å². The number of benzene rings is 2. The SMILES string of the molecule is CC(C)CCC(=O)N([C@@H](CC=Cc1ccccc1)C(=O)NO)N(Cc1ccccc1)C(=O)[C@@H](C)N. The summed E-state index contributed by atoms with van der Waals surface area (Å²) in [5.74, 6) is -1.45. The highest BCUT2D eigenvalue weighted by Crippen LogP contribution is 2.19. The number of amides is 3. The lowest BCUT2D eigenvalue weighted by atomic mass is 10.1. The molecule has 0 aliphatic heterocycles. The van der Waals surface area contributed by atoms with E-state index in [1.165, 1.54) is 16.9 Å². The van der Waals surface area contributed by atoms with Crippen molar-refractivity contribution >= 4 is 23.8 Å². The van der Waals surface area contributed by atoms with Crippen molar-refractivity contribution in [2.75, 3.05) is 0 Å². The van der Waals surface area contributed by atoms with Gasteiger partial charge in [0, 0.05) is 6.42 Å². The highest BCUT2D eigenvalue weighted by Gasteiger charge is 2.37. The molecule has 2 aromatic carbocycles. The molecule has 0 radical (unpaired) electrons. The summed E-state index contributed by atoms with van der Waals surface area (Å²) in [6.45, 7) is 5.57. The molecule has 0 aliphatic rings. The van der Waals surface area contributed by atoms with Gasteiger partial charge in [0.05, 0.1) is 12.6 Å². The van der Waals surface area contributed by atoms with Crippen molar-refractivity contribution in [1.82, 2.24) is 15.5 Å². The molecule has 35 heavy (non-hydrogen) atoms. The zero-order chi connectivity index (χ0) is 25.8. The summed E-state index contributed by atoms with van der Waals surface area (Å²) in [5, 5.41) is 11.9. The van der Waals surface area contributed by atoms with Gasteiger partial charge in [-0.05, 0) is 36.8 Å². The number of nitrogens with two attached hydrogens (primary N) is 1. The fraction of sp³-hybridized carbons (Fsp3) is 0.370. The third-order valence-electron chi connectivity index (χ3n) is 5.45. The van der Waals surface area contributed by atoms with Crippen LogP contribution in [0.5, 0.6) is 0 Å². The van der Waals surface area contributed by atoms with E-state index in [2.05, 4.69) is 0 Å². The maximum absolute atomic E-state index is 13.5. The van der Waals surface area contributed by atoms with E-state index in [1.54, 1.807) is 11.6 Å². The molecule has 8 nitrogen and oxygen atoms in total. The number of hydroxylamine groups is 1. The number of hydrogen-bond acceptors (Lipinski definition) is 5. The number of carbonyl (C=O) groups is 3. The third-order valence-corrected chi connectivity index (χ3v) is 5.45. The number of carbonyl (C=O) groups excluding carboxylic acids is 3. The van der Waals surface area contributed by atoms with Crippen LogP contribution in [0, 0.1) is 5.92 Å². The molecule has 4 N–H and O–H groups in total. The van der Waals surface area contributed by atoms with Crippen molar-refractivity contribution in [3.05, 3.63) is 77.9 Å². The van der Waals surface area contributed by atoms with E-state index < -0.39 is 29.8 Å². The molecule has 0 fully saturated rings. The Morgan fingerprint density at radius 3 is 2.14 bits per heavy atom. The second kappa shape index (κ2) is 14.0. The lowest BCUT2D eigenvalue weighted by Gasteiger charge is -2.40. The molecule has 0 saturated heterocycles. The highest BCUT2D eigenvalue weighted by molar-refractivity contribution is 5.90. The van der Waals surface area contributed by atoms with Crippen LogP contribution in [0.2, 0.25) is 0 Å². The Hall–Kier alpha value is -3.49. The van der Waals surface area contributed by atoms with E-state index in [-0.39, 0.29) is 25.3 Å². The summed E-state index contributed by atoms with van der Waals surface area (Å²) in [4.78, 5) is 39.6. The van der Waals surface area contributed by atoms with Crippen LogP contribution >= 0.6 is 0 Å². The Morgan fingerprint density at radius 1 is 1.00 bits per heavy atom. The minimum atomic E-state index is -1.16. The van der Waals surface area contributed by atoms with Crippen LogP contribution in [0.3, 0.4) is 0 Å². The predicted octanol–water partition coefficient (Wildman–Crippen LogP) is 3.52. The van der Waals surface area contributed by atoms with Crippen molar-refractivity contribution in [1.29, 1.82) is 0 Å². The quantitative estimate of drug-likeness (QED) is 0.336. The van der Waals surface area contributed by atoms with E-state index in [9.17, 15) is 19.6 Å². The summed E-state index contributed by atoms with van der Waals surface area (Å²) >= 11 is 0. The molecule has 0 aliphatic carbocycles. The van der Waals surface area contributed by atoms with Gasteiger partial charge in [-0.1, -0.05) is 86.7 Å². The number of hydrazine groups is 1. The third kappa shape index (κ3) is 8.66. The monoisotopic (exact) mass is 480 g/mol. The largest absolute Gasteiger partial charge is 0.320 e. The maximum Gasteiger partial charge on any atom is 0.268 e. The molecule has 188 valence electrons. The standard InChI is InChI=1S/C27H36N4O4/c1-20(2)17-18-25(32)31(30(27(34)21(3)28)19-23-13-8-5-9-14-23)24(26(33)29-35)16-10-15-22-11-6-4-7-12-22/h4-15,20-21,24,35H,16-19,28H2,1-3H3,(H,29,33)/t21-,24+/m1/s1. The Labute approximate surface area is 207 Å². The summed E-state index contributed by atoms with van der Waals surface area (Å²) in [7, 11) is 0. The van der Waals surface area contributed by atoms with Crippen LogP contribution in [0.15, 0.2) is 66.7 Å². The van der Waals surface area contributed by atoms with Gasteiger partial charge in [0.25, 0.3) is 11.8 Å². The van der Waals surface area contributed by atoms with Crippen molar-refractivity contribution in [2.45, 2.75) is 58.7 Å². The topological polar surface area (TPSA) is 116 Å². The van der Waals surface area contributed by atoms with Gasteiger partial charge in [0.1, 0.15) is 6.04 Å². The molecule has 0 unspecified atom stereocenters. The molecule has 0 heterocycles. The molecular weight excluding hydrogens is 444 g/mol. The Balaban J connectivity index is 2.49. The Morgan fingerprint density at radius 2 is 1.60 bits per heavy atom. The first-order valence-corrected chi connectivity index (χ1v) is 11.8. The first-order chi connectivity index (χ1) is 16.7. The van der Waals surface area contributed by atoms with Gasteiger partial charge in [-0.2, -0.15) is 0 Å². The number of rotatable bonds is 11. The van der Waals surface area contributed by atoms with Gasteiger partial charge in [-0.3, -0.25) is 19.6 Å². The van der Waals surface area contributed by atoms with E-state index in [0.29, 0.717) is 6.42 Å². The normalized spacial score (nSPS) is 12.9. The van der Waals surface area contributed by atoms with Crippen LogP contribution in [0.25, 0.3) is 6.08 Å². The summed E-state index contributed by atoms with van der Waals surface area (Å²) in [6, 6.07) is 16.6. The van der Waals surface area contributed by atoms with Gasteiger partial charge in [0.15, 0.2) is 0 Å². The predicted molar refractivity (Wildman–Crippen MR) is 135 cm³/mol. The second-order valence-electron chi connectivity index (χ2n) is 8.88. The van der Waals surface area contributed by atoms with E-state index in [0.717, 1.165) is 11.1 Å². The molecule has 0 bridgehead atoms. The van der Waals surface area contributed by atoms with Gasteiger partial charge >= 0.3 is 0 Å². The summed E-state index contributed by atoms with van der Waals surface area (Å²) in [6.07, 6.45) is 4.35. The molecule has 0 aromatic heterocycles. The molecule has 3 amide bonds. The molecule has 2 rings (SSSR count). The summed E-state index contributed by atoms with van der Waals surface area (Å²) < 4.78 is 0. The fourth-order valence-electron chi connectivity index (χ4n) is 3.54. The number of nitrogens with one attached hydrogen (secondary N) is 1.